The smallest absolute Gasteiger partial charge is 0.407 e. The summed E-state index contributed by atoms with van der Waals surface area (Å²) in [5.74, 6) is -2.45. The summed E-state index contributed by atoms with van der Waals surface area (Å²) >= 11 is 0. The molecule has 1 fully saturated rings. The molecule has 2 atom stereocenters. The number of ether oxygens (including phenoxy) is 4. The van der Waals surface area contributed by atoms with E-state index in [9.17, 15) is 37.2 Å². The van der Waals surface area contributed by atoms with Crippen LogP contribution in [0.4, 0.5) is 4.79 Å². The summed E-state index contributed by atoms with van der Waals surface area (Å²) in [6.07, 6.45) is 0.0463. The van der Waals surface area contributed by atoms with Crippen LogP contribution in [0.3, 0.4) is 0 Å². The maximum absolute atomic E-state index is 13.5. The molecule has 61 heavy (non-hydrogen) atoms. The average molecular weight is 887 g/mol. The molecule has 1 aliphatic heterocycles. The van der Waals surface area contributed by atoms with E-state index in [4.69, 9.17) is 23.5 Å². The SMILES string of the molecule is CC(CS(=O)(=O)O)NC(=O)CCC(C(=O)OC(C)(C)C)N1CCN(CC(=O)OC(C)(C)C)CCN(CC(=O)OC(C)(C)C)CC1.O=CNCCNC(=O)OCc1ccccc1. The maximum Gasteiger partial charge on any atom is 0.407 e. The van der Waals surface area contributed by atoms with E-state index in [1.807, 2.05) is 45.0 Å². The first-order chi connectivity index (χ1) is 28.1. The monoisotopic (exact) mass is 886 g/mol. The van der Waals surface area contributed by atoms with Crippen LogP contribution in [-0.2, 0) is 59.6 Å². The van der Waals surface area contributed by atoms with E-state index < -0.39 is 74.7 Å². The van der Waals surface area contributed by atoms with Crippen molar-refractivity contribution < 1.29 is 60.7 Å². The Hall–Kier alpha value is -4.37. The second-order valence-corrected chi connectivity index (χ2v) is 19.1. The molecule has 0 spiro atoms. The van der Waals surface area contributed by atoms with Crippen molar-refractivity contribution in [3.8, 4) is 0 Å². The highest BCUT2D eigenvalue weighted by Gasteiger charge is 2.33. The lowest BCUT2D eigenvalue weighted by Crippen LogP contribution is -2.49. The zero-order valence-corrected chi connectivity index (χ0v) is 38.4. The van der Waals surface area contributed by atoms with Gasteiger partial charge < -0.3 is 34.9 Å². The van der Waals surface area contributed by atoms with Gasteiger partial charge in [-0.3, -0.25) is 43.2 Å². The molecule has 4 N–H and O–H groups in total. The molecule has 1 heterocycles. The van der Waals surface area contributed by atoms with E-state index in [1.165, 1.54) is 6.92 Å². The van der Waals surface area contributed by atoms with E-state index >= 15 is 0 Å². The summed E-state index contributed by atoms with van der Waals surface area (Å²) in [5, 5.41) is 7.47. The molecule has 3 amide bonds. The standard InChI is InChI=1S/C30H56N4O10S.C11H14N2O3/c1-22(21-45(39,40)41)31-24(35)12-11-23(27(38)44-30(8,9)10)34-17-15-32(19-25(36)42-28(2,3)4)13-14-33(16-18-34)20-26(37)43-29(5,6)7;14-9-12-6-7-13-11(15)16-8-10-4-2-1-3-5-10/h22-23H,11-21H2,1-10H3,(H,31,35)(H,39,40,41);1-5,9H,6-8H2,(H,12,14)(H,13,15). The molecule has 19 nitrogen and oxygen atoms in total. The van der Waals surface area contributed by atoms with Gasteiger partial charge in [-0.1, -0.05) is 30.3 Å². The van der Waals surface area contributed by atoms with Gasteiger partial charge in [-0.25, -0.2) is 4.79 Å². The maximum atomic E-state index is 13.5. The third kappa shape index (κ3) is 28.7. The van der Waals surface area contributed by atoms with E-state index in [0.29, 0.717) is 58.8 Å². The quantitative estimate of drug-likeness (QED) is 0.0543. The van der Waals surface area contributed by atoms with E-state index in [1.54, 1.807) is 62.3 Å². The number of carbonyl (C=O) groups is 6. The molecule has 0 radical (unpaired) electrons. The van der Waals surface area contributed by atoms with Crippen LogP contribution >= 0.6 is 0 Å². The lowest BCUT2D eigenvalue weighted by molar-refractivity contribution is -0.163. The van der Waals surface area contributed by atoms with Gasteiger partial charge in [0.25, 0.3) is 10.1 Å². The summed E-state index contributed by atoms with van der Waals surface area (Å²) in [7, 11) is -4.28. The lowest BCUT2D eigenvalue weighted by atomic mass is 10.1. The number of carbonyl (C=O) groups excluding carboxylic acids is 6. The van der Waals surface area contributed by atoms with Crippen LogP contribution in [0, 0.1) is 0 Å². The number of nitrogens with zero attached hydrogens (tertiary/aromatic N) is 3. The highest BCUT2D eigenvalue weighted by Crippen LogP contribution is 2.18. The van der Waals surface area contributed by atoms with E-state index in [0.717, 1.165) is 5.56 Å². The summed E-state index contributed by atoms with van der Waals surface area (Å²) in [6, 6.07) is 7.73. The number of esters is 3. The van der Waals surface area contributed by atoms with Crippen LogP contribution in [-0.4, -0.2) is 164 Å². The normalized spacial score (nSPS) is 15.8. The number of hydrogen-bond acceptors (Lipinski definition) is 15. The van der Waals surface area contributed by atoms with E-state index in [2.05, 4.69) is 16.0 Å². The molecule has 0 aliphatic carbocycles. The van der Waals surface area contributed by atoms with Crippen molar-refractivity contribution in [3.63, 3.8) is 0 Å². The molecule has 2 rings (SSSR count). The number of benzene rings is 1. The Morgan fingerprint density at radius 3 is 1.72 bits per heavy atom. The molecule has 20 heteroatoms. The second-order valence-electron chi connectivity index (χ2n) is 17.6. The fraction of sp³-hybridized carbons (Fsp3) is 0.707. The molecule has 1 aliphatic rings. The van der Waals surface area contributed by atoms with Crippen molar-refractivity contribution in [2.24, 2.45) is 0 Å². The van der Waals surface area contributed by atoms with Crippen LogP contribution in [0.1, 0.15) is 87.6 Å². The minimum Gasteiger partial charge on any atom is -0.459 e. The van der Waals surface area contributed by atoms with Crippen LogP contribution < -0.4 is 16.0 Å². The summed E-state index contributed by atoms with van der Waals surface area (Å²) < 4.78 is 53.2. The van der Waals surface area contributed by atoms with Gasteiger partial charge in [0.15, 0.2) is 0 Å². The molecule has 0 bridgehead atoms. The van der Waals surface area contributed by atoms with Crippen molar-refractivity contribution in [3.05, 3.63) is 35.9 Å². The Morgan fingerprint density at radius 2 is 1.26 bits per heavy atom. The van der Waals surface area contributed by atoms with Crippen molar-refractivity contribution in [2.45, 2.75) is 118 Å². The third-order valence-electron chi connectivity index (χ3n) is 8.15. The summed E-state index contributed by atoms with van der Waals surface area (Å²) in [6.45, 7) is 20.9. The zero-order chi connectivity index (χ0) is 46.4. The molecule has 1 aromatic carbocycles. The highest BCUT2D eigenvalue weighted by atomic mass is 32.2. The first-order valence-corrected chi connectivity index (χ1v) is 22.0. The first kappa shape index (κ1) is 54.6. The fourth-order valence-corrected chi connectivity index (χ4v) is 6.48. The van der Waals surface area contributed by atoms with Crippen molar-refractivity contribution in [1.82, 2.24) is 30.7 Å². The number of amides is 3. The predicted molar refractivity (Wildman–Crippen MR) is 228 cm³/mol. The average Bonchev–Trinajstić information content (AvgIpc) is 3.18. The van der Waals surface area contributed by atoms with Gasteiger partial charge in [-0.2, -0.15) is 8.42 Å². The number of hydrogen-bond donors (Lipinski definition) is 4. The minimum atomic E-state index is -4.28. The third-order valence-corrected chi connectivity index (χ3v) is 9.07. The molecule has 1 aromatic rings. The Kier molecular flexibility index (Phi) is 23.5. The van der Waals surface area contributed by atoms with Gasteiger partial charge >= 0.3 is 24.0 Å². The molecule has 0 saturated carbocycles. The Balaban J connectivity index is 0.000000966. The Bertz CT molecular complexity index is 1600. The van der Waals surface area contributed by atoms with Crippen LogP contribution in [0.25, 0.3) is 0 Å². The van der Waals surface area contributed by atoms with Gasteiger partial charge in [-0.15, -0.1) is 0 Å². The zero-order valence-electron chi connectivity index (χ0n) is 37.6. The van der Waals surface area contributed by atoms with Crippen molar-refractivity contribution in [2.75, 3.05) is 71.2 Å². The highest BCUT2D eigenvalue weighted by molar-refractivity contribution is 7.85. The van der Waals surface area contributed by atoms with Gasteiger partial charge in [0.05, 0.1) is 18.8 Å². The minimum absolute atomic E-state index is 0.0105. The predicted octanol–water partition coefficient (Wildman–Crippen LogP) is 2.13. The number of rotatable bonds is 18. The molecular formula is C41H70N6O13S. The summed E-state index contributed by atoms with van der Waals surface area (Å²) in [4.78, 5) is 78.4. The van der Waals surface area contributed by atoms with Gasteiger partial charge in [0.1, 0.15) is 29.5 Å². The Labute approximate surface area is 361 Å². The van der Waals surface area contributed by atoms with Gasteiger partial charge in [0.2, 0.25) is 12.3 Å². The van der Waals surface area contributed by atoms with Gasteiger partial charge in [0, 0.05) is 64.8 Å². The number of alkyl carbamates (subject to hydrolysis) is 1. The van der Waals surface area contributed by atoms with Gasteiger partial charge in [-0.05, 0) is 81.2 Å². The fourth-order valence-electron chi connectivity index (χ4n) is 5.76. The van der Waals surface area contributed by atoms with Crippen molar-refractivity contribution in [1.29, 1.82) is 0 Å². The first-order valence-electron chi connectivity index (χ1n) is 20.4. The Morgan fingerprint density at radius 1 is 0.770 bits per heavy atom. The van der Waals surface area contributed by atoms with E-state index in [-0.39, 0.29) is 32.5 Å². The molecule has 348 valence electrons. The molecule has 2 unspecified atom stereocenters. The van der Waals surface area contributed by atoms with Crippen LogP contribution in [0.15, 0.2) is 30.3 Å². The molecule has 0 aromatic heterocycles. The molecular weight excluding hydrogens is 817 g/mol. The number of nitrogens with one attached hydrogen (secondary N) is 3. The lowest BCUT2D eigenvalue weighted by Gasteiger charge is -2.34. The van der Waals surface area contributed by atoms with Crippen LogP contribution in [0.2, 0.25) is 0 Å². The topological polar surface area (TPSA) is 240 Å². The second kappa shape index (κ2) is 26.2. The molecule has 1 saturated heterocycles. The van der Waals surface area contributed by atoms with Crippen molar-refractivity contribution >= 4 is 46.4 Å². The summed E-state index contributed by atoms with van der Waals surface area (Å²) in [5.41, 5.74) is -1.18. The largest absolute Gasteiger partial charge is 0.459 e. The van der Waals surface area contributed by atoms with Crippen LogP contribution in [0.5, 0.6) is 0 Å².